The van der Waals surface area contributed by atoms with Crippen LogP contribution in [0, 0.1) is 7.14 Å². The van der Waals surface area contributed by atoms with Crippen LogP contribution in [0.4, 0.5) is 0 Å². The number of esters is 1. The van der Waals surface area contributed by atoms with Gasteiger partial charge in [0.15, 0.2) is 0 Å². The molecule has 2 nitrogen and oxygen atoms in total. The Kier molecular flexibility index (Phi) is 9.08. The van der Waals surface area contributed by atoms with Crippen LogP contribution in [0.25, 0.3) is 0 Å². The van der Waals surface area contributed by atoms with Gasteiger partial charge in [0.1, 0.15) is 0 Å². The lowest BCUT2D eigenvalue weighted by molar-refractivity contribution is 0.0318. The lowest BCUT2D eigenvalue weighted by Gasteiger charge is -2.14. The maximum Gasteiger partial charge on any atom is 0.339 e. The summed E-state index contributed by atoms with van der Waals surface area (Å²) in [4.78, 5) is 12.1. The molecule has 0 fully saturated rings. The van der Waals surface area contributed by atoms with Crippen LogP contribution in [0.5, 0.6) is 0 Å². The topological polar surface area (TPSA) is 26.3 Å². The minimum atomic E-state index is -0.200. The highest BCUT2D eigenvalue weighted by atomic mass is 127. The van der Waals surface area contributed by atoms with E-state index in [4.69, 9.17) is 4.74 Å². The van der Waals surface area contributed by atoms with Gasteiger partial charge in [-0.2, -0.15) is 0 Å². The third-order valence-electron chi connectivity index (χ3n) is 3.17. The van der Waals surface area contributed by atoms with Crippen molar-refractivity contribution in [1.29, 1.82) is 0 Å². The van der Waals surface area contributed by atoms with E-state index in [1.54, 1.807) is 0 Å². The molecule has 1 aromatic carbocycles. The van der Waals surface area contributed by atoms with Crippen molar-refractivity contribution >= 4 is 51.2 Å². The number of halogens is 2. The average Bonchev–Trinajstić information content (AvgIpc) is 2.41. The van der Waals surface area contributed by atoms with Gasteiger partial charge < -0.3 is 4.74 Å². The first kappa shape index (κ1) is 18.2. The fourth-order valence-electron chi connectivity index (χ4n) is 1.99. The highest BCUT2D eigenvalue weighted by Gasteiger charge is 2.15. The largest absolute Gasteiger partial charge is 0.459 e. The van der Waals surface area contributed by atoms with Crippen molar-refractivity contribution in [3.8, 4) is 0 Å². The molecule has 1 atom stereocenters. The first-order chi connectivity index (χ1) is 9.54. The van der Waals surface area contributed by atoms with Crippen molar-refractivity contribution < 1.29 is 9.53 Å². The number of carbonyl (C=O) groups excluding carboxylic acids is 1. The molecule has 0 bridgehead atoms. The molecule has 1 aromatic rings. The van der Waals surface area contributed by atoms with E-state index >= 15 is 0 Å². The Morgan fingerprint density at radius 2 is 1.90 bits per heavy atom. The van der Waals surface area contributed by atoms with E-state index in [2.05, 4.69) is 52.1 Å². The minimum Gasteiger partial charge on any atom is -0.459 e. The Hall–Kier alpha value is 0.150. The molecule has 0 saturated carbocycles. The molecule has 1 rings (SSSR count). The maximum absolute atomic E-state index is 12.1. The van der Waals surface area contributed by atoms with E-state index in [1.165, 1.54) is 25.7 Å². The first-order valence-electron chi connectivity index (χ1n) is 7.20. The molecule has 0 aliphatic heterocycles. The van der Waals surface area contributed by atoms with Crippen LogP contribution in [-0.2, 0) is 4.74 Å². The second-order valence-electron chi connectivity index (χ2n) is 5.04. The lowest BCUT2D eigenvalue weighted by Crippen LogP contribution is -2.16. The zero-order chi connectivity index (χ0) is 15.0. The normalized spacial score (nSPS) is 12.2. The maximum atomic E-state index is 12.1. The molecule has 0 aliphatic rings. The SMILES string of the molecule is CCCCCCC[C@H](C)OC(=O)c1cc(I)ccc1I. The number of unbranched alkanes of at least 4 members (excludes halogenated alkanes) is 4. The van der Waals surface area contributed by atoms with Crippen LogP contribution in [0.2, 0.25) is 0 Å². The van der Waals surface area contributed by atoms with Crippen LogP contribution in [0.15, 0.2) is 18.2 Å². The molecule has 0 heterocycles. The monoisotopic (exact) mass is 500 g/mol. The van der Waals surface area contributed by atoms with Crippen molar-refractivity contribution in [2.45, 2.75) is 58.5 Å². The number of benzene rings is 1. The van der Waals surface area contributed by atoms with Gasteiger partial charge in [-0.25, -0.2) is 4.79 Å². The molecular weight excluding hydrogens is 478 g/mol. The second-order valence-corrected chi connectivity index (χ2v) is 7.45. The molecule has 0 unspecified atom stereocenters. The molecule has 0 radical (unpaired) electrons. The van der Waals surface area contributed by atoms with Gasteiger partial charge in [0, 0.05) is 7.14 Å². The molecule has 112 valence electrons. The standard InChI is InChI=1S/C16H22I2O2/c1-3-4-5-6-7-8-12(2)20-16(19)14-11-13(17)9-10-15(14)18/h9-12H,3-8H2,1-2H3/t12-/m0/s1. The van der Waals surface area contributed by atoms with E-state index in [9.17, 15) is 4.79 Å². The number of hydrogen-bond acceptors (Lipinski definition) is 2. The van der Waals surface area contributed by atoms with Crippen LogP contribution in [0.3, 0.4) is 0 Å². The van der Waals surface area contributed by atoms with Crippen LogP contribution in [0.1, 0.15) is 62.7 Å². The third kappa shape index (κ3) is 6.74. The summed E-state index contributed by atoms with van der Waals surface area (Å²) in [5, 5.41) is 0. The second kappa shape index (κ2) is 9.97. The molecule has 4 heteroatoms. The zero-order valence-corrected chi connectivity index (χ0v) is 16.4. The number of hydrogen-bond donors (Lipinski definition) is 0. The minimum absolute atomic E-state index is 0.00204. The predicted octanol–water partition coefficient (Wildman–Crippen LogP) is 5.80. The van der Waals surface area contributed by atoms with Crippen LogP contribution in [-0.4, -0.2) is 12.1 Å². The summed E-state index contributed by atoms with van der Waals surface area (Å²) >= 11 is 4.39. The van der Waals surface area contributed by atoms with Crippen molar-refractivity contribution in [2.24, 2.45) is 0 Å². The zero-order valence-electron chi connectivity index (χ0n) is 12.1. The van der Waals surface area contributed by atoms with Crippen molar-refractivity contribution in [3.05, 3.63) is 30.9 Å². The fraction of sp³-hybridized carbons (Fsp3) is 0.562. The van der Waals surface area contributed by atoms with Gasteiger partial charge in [-0.1, -0.05) is 32.6 Å². The molecule has 0 spiro atoms. The van der Waals surface area contributed by atoms with E-state index < -0.39 is 0 Å². The molecular formula is C16H22I2O2. The molecule has 20 heavy (non-hydrogen) atoms. The number of ether oxygens (including phenoxy) is 1. The van der Waals surface area contributed by atoms with E-state index in [0.29, 0.717) is 5.56 Å². The molecule has 0 aromatic heterocycles. The summed E-state index contributed by atoms with van der Waals surface area (Å²) in [5.41, 5.74) is 0.676. The Balaban J connectivity index is 2.39. The predicted molar refractivity (Wildman–Crippen MR) is 100 cm³/mol. The summed E-state index contributed by atoms with van der Waals surface area (Å²) in [7, 11) is 0. The van der Waals surface area contributed by atoms with Gasteiger partial charge in [-0.3, -0.25) is 0 Å². The van der Waals surface area contributed by atoms with E-state index in [0.717, 1.165) is 20.0 Å². The number of carbonyl (C=O) groups is 1. The Labute approximate surface area is 149 Å². The van der Waals surface area contributed by atoms with E-state index in [-0.39, 0.29) is 12.1 Å². The third-order valence-corrected chi connectivity index (χ3v) is 4.78. The summed E-state index contributed by atoms with van der Waals surface area (Å²) < 4.78 is 7.54. The highest BCUT2D eigenvalue weighted by molar-refractivity contribution is 14.1. The van der Waals surface area contributed by atoms with Crippen molar-refractivity contribution in [2.75, 3.05) is 0 Å². The Morgan fingerprint density at radius 3 is 2.60 bits per heavy atom. The first-order valence-corrected chi connectivity index (χ1v) is 9.36. The van der Waals surface area contributed by atoms with Gasteiger partial charge in [-0.15, -0.1) is 0 Å². The van der Waals surface area contributed by atoms with Crippen LogP contribution < -0.4 is 0 Å². The quantitative estimate of drug-likeness (QED) is 0.256. The molecule has 0 aliphatic carbocycles. The summed E-state index contributed by atoms with van der Waals surface area (Å²) in [6.45, 7) is 4.20. The summed E-state index contributed by atoms with van der Waals surface area (Å²) in [5.74, 6) is -0.200. The van der Waals surface area contributed by atoms with Crippen LogP contribution >= 0.6 is 45.2 Å². The van der Waals surface area contributed by atoms with E-state index in [1.807, 2.05) is 25.1 Å². The Bertz CT molecular complexity index is 432. The molecule has 0 saturated heterocycles. The van der Waals surface area contributed by atoms with Gasteiger partial charge in [0.05, 0.1) is 11.7 Å². The van der Waals surface area contributed by atoms with Crippen molar-refractivity contribution in [1.82, 2.24) is 0 Å². The van der Waals surface area contributed by atoms with Gasteiger partial charge in [-0.05, 0) is 83.1 Å². The average molecular weight is 500 g/mol. The fourth-order valence-corrected chi connectivity index (χ4v) is 3.04. The summed E-state index contributed by atoms with van der Waals surface area (Å²) in [6.07, 6.45) is 7.17. The number of rotatable bonds is 8. The lowest BCUT2D eigenvalue weighted by atomic mass is 10.1. The summed E-state index contributed by atoms with van der Waals surface area (Å²) in [6, 6.07) is 5.84. The molecule has 0 N–H and O–H groups in total. The van der Waals surface area contributed by atoms with Gasteiger partial charge in [0.2, 0.25) is 0 Å². The molecule has 0 amide bonds. The highest BCUT2D eigenvalue weighted by Crippen LogP contribution is 2.18. The van der Waals surface area contributed by atoms with Crippen molar-refractivity contribution in [3.63, 3.8) is 0 Å². The van der Waals surface area contributed by atoms with Gasteiger partial charge >= 0.3 is 5.97 Å². The Morgan fingerprint density at radius 1 is 1.20 bits per heavy atom. The smallest absolute Gasteiger partial charge is 0.339 e. The van der Waals surface area contributed by atoms with Gasteiger partial charge in [0.25, 0.3) is 0 Å².